The van der Waals surface area contributed by atoms with E-state index in [2.05, 4.69) is 0 Å². The molecule has 0 aromatic heterocycles. The van der Waals surface area contributed by atoms with E-state index in [0.29, 0.717) is 0 Å². The molecule has 0 saturated carbocycles. The molecule has 0 amide bonds. The summed E-state index contributed by atoms with van der Waals surface area (Å²) < 4.78 is 32.6. The highest BCUT2D eigenvalue weighted by atomic mass is 35.5. The number of hydrogen-bond donors (Lipinski definition) is 2. The average Bonchev–Trinajstić information content (AvgIpc) is 2.03. The van der Waals surface area contributed by atoms with Gasteiger partial charge in [-0.2, -0.15) is 12.4 Å². The van der Waals surface area contributed by atoms with Crippen molar-refractivity contribution >= 4 is 39.6 Å². The molecule has 1 aromatic rings. The van der Waals surface area contributed by atoms with Crippen molar-refractivity contribution in [2.24, 2.45) is 0 Å². The van der Waals surface area contributed by atoms with Gasteiger partial charge in [-0.1, -0.05) is 18.2 Å². The van der Waals surface area contributed by atoms with Gasteiger partial charge in [0.2, 0.25) is 0 Å². The van der Waals surface area contributed by atoms with Gasteiger partial charge in [0.05, 0.1) is 5.69 Å². The zero-order valence-electron chi connectivity index (χ0n) is 6.71. The number of hydrogen-bond acceptors (Lipinski definition) is 3. The van der Waals surface area contributed by atoms with Crippen molar-refractivity contribution in [1.82, 2.24) is 0 Å². The van der Waals surface area contributed by atoms with Crippen LogP contribution in [-0.2, 0) is 10.4 Å². The number of benzene rings is 1. The molecule has 80 valence electrons. The Labute approximate surface area is 91.7 Å². The van der Waals surface area contributed by atoms with E-state index in [0.717, 1.165) is 9.63 Å². The van der Waals surface area contributed by atoms with Crippen LogP contribution in [0, 0.1) is 0 Å². The van der Waals surface area contributed by atoms with Gasteiger partial charge in [0.25, 0.3) is 0 Å². The summed E-state index contributed by atoms with van der Waals surface area (Å²) in [6.07, 6.45) is 0. The van der Waals surface area contributed by atoms with Gasteiger partial charge in [-0.3, -0.25) is 9.11 Å². The first-order chi connectivity index (χ1) is 6.30. The van der Waals surface area contributed by atoms with E-state index in [-0.39, 0.29) is 0 Å². The molecular weight excluding hydrogens is 253 g/mol. The standard InChI is InChI=1S/C6H5Cl2N.H2O4S/c7-9(8)6-4-2-1-3-5-6;1-5(2,3)4/h1-5H;(H2,1,2,3,4). The predicted molar refractivity (Wildman–Crippen MR) is 54.8 cm³/mol. The van der Waals surface area contributed by atoms with Crippen LogP contribution in [0.2, 0.25) is 0 Å². The van der Waals surface area contributed by atoms with E-state index in [9.17, 15) is 0 Å². The second-order valence-corrected chi connectivity index (χ2v) is 3.76. The molecule has 0 unspecified atom stereocenters. The Hall–Kier alpha value is -0.530. The second kappa shape index (κ2) is 6.05. The smallest absolute Gasteiger partial charge is 0.264 e. The van der Waals surface area contributed by atoms with Gasteiger partial charge >= 0.3 is 10.4 Å². The molecule has 8 heteroatoms. The maximum atomic E-state index is 8.74. The van der Waals surface area contributed by atoms with Crippen LogP contribution in [0.1, 0.15) is 0 Å². The van der Waals surface area contributed by atoms with E-state index in [1.807, 2.05) is 30.3 Å². The van der Waals surface area contributed by atoms with E-state index in [1.165, 1.54) is 0 Å². The molecule has 0 aliphatic rings. The Morgan fingerprint density at radius 2 is 1.43 bits per heavy atom. The summed E-state index contributed by atoms with van der Waals surface area (Å²) in [6, 6.07) is 9.28. The Morgan fingerprint density at radius 1 is 1.07 bits per heavy atom. The summed E-state index contributed by atoms with van der Waals surface area (Å²) >= 11 is 10.8. The summed E-state index contributed by atoms with van der Waals surface area (Å²) in [5.41, 5.74) is 0.779. The van der Waals surface area contributed by atoms with E-state index in [1.54, 1.807) is 0 Å². The summed E-state index contributed by atoms with van der Waals surface area (Å²) in [6.45, 7) is 0. The van der Waals surface area contributed by atoms with Crippen LogP contribution < -0.4 is 3.94 Å². The van der Waals surface area contributed by atoms with Crippen molar-refractivity contribution in [1.29, 1.82) is 0 Å². The molecule has 5 nitrogen and oxygen atoms in total. The van der Waals surface area contributed by atoms with E-state index in [4.69, 9.17) is 41.1 Å². The van der Waals surface area contributed by atoms with E-state index >= 15 is 0 Å². The van der Waals surface area contributed by atoms with Crippen molar-refractivity contribution in [3.8, 4) is 0 Å². The number of nitrogens with zero attached hydrogens (tertiary/aromatic N) is 1. The highest BCUT2D eigenvalue weighted by Gasteiger charge is 1.93. The molecule has 14 heavy (non-hydrogen) atoms. The fraction of sp³-hybridized carbons (Fsp3) is 0. The Bertz CT molecular complexity index is 345. The number of anilines is 1. The monoisotopic (exact) mass is 259 g/mol. The normalized spacial score (nSPS) is 10.0. The Kier molecular flexibility index (Phi) is 5.82. The van der Waals surface area contributed by atoms with Gasteiger partial charge in [0, 0.05) is 23.6 Å². The summed E-state index contributed by atoms with van der Waals surface area (Å²) in [5, 5.41) is 0. The minimum atomic E-state index is -4.67. The van der Waals surface area contributed by atoms with Crippen LogP contribution in [0.25, 0.3) is 0 Å². The van der Waals surface area contributed by atoms with Crippen LogP contribution >= 0.6 is 23.6 Å². The lowest BCUT2D eigenvalue weighted by Crippen LogP contribution is -1.89. The highest BCUT2D eigenvalue weighted by Crippen LogP contribution is 2.16. The van der Waals surface area contributed by atoms with Crippen LogP contribution in [0.4, 0.5) is 5.69 Å². The summed E-state index contributed by atoms with van der Waals surface area (Å²) in [7, 11) is -4.67. The molecule has 0 spiro atoms. The topological polar surface area (TPSA) is 77.8 Å². The summed E-state index contributed by atoms with van der Waals surface area (Å²) in [5.74, 6) is 0. The lowest BCUT2D eigenvalue weighted by molar-refractivity contribution is 0.381. The maximum absolute atomic E-state index is 8.74. The van der Waals surface area contributed by atoms with Crippen molar-refractivity contribution in [2.75, 3.05) is 3.94 Å². The van der Waals surface area contributed by atoms with Crippen molar-refractivity contribution in [3.63, 3.8) is 0 Å². The highest BCUT2D eigenvalue weighted by molar-refractivity contribution is 7.79. The fourth-order valence-corrected chi connectivity index (χ4v) is 0.766. The van der Waals surface area contributed by atoms with Gasteiger partial charge < -0.3 is 0 Å². The molecule has 0 radical (unpaired) electrons. The lowest BCUT2D eigenvalue weighted by Gasteiger charge is -2.02. The first kappa shape index (κ1) is 13.5. The molecule has 1 aromatic carbocycles. The summed E-state index contributed by atoms with van der Waals surface area (Å²) in [4.78, 5) is 0. The molecule has 2 N–H and O–H groups in total. The Balaban J connectivity index is 0.000000292. The molecule has 0 aliphatic carbocycles. The van der Waals surface area contributed by atoms with Crippen LogP contribution in [0.3, 0.4) is 0 Å². The number of para-hydroxylation sites is 1. The zero-order valence-corrected chi connectivity index (χ0v) is 9.04. The van der Waals surface area contributed by atoms with Crippen LogP contribution in [0.5, 0.6) is 0 Å². The van der Waals surface area contributed by atoms with Gasteiger partial charge in [0.1, 0.15) is 0 Å². The van der Waals surface area contributed by atoms with Crippen molar-refractivity contribution in [3.05, 3.63) is 30.3 Å². The third-order valence-corrected chi connectivity index (χ3v) is 1.34. The molecule has 0 aliphatic heterocycles. The molecule has 0 heterocycles. The molecule has 0 fully saturated rings. The second-order valence-electron chi connectivity index (χ2n) is 2.02. The molecule has 0 atom stereocenters. The molecule has 0 saturated heterocycles. The largest absolute Gasteiger partial charge is 0.394 e. The van der Waals surface area contributed by atoms with E-state index < -0.39 is 10.4 Å². The van der Waals surface area contributed by atoms with Gasteiger partial charge in [-0.25, -0.2) is 0 Å². The fourth-order valence-electron chi connectivity index (χ4n) is 0.541. The first-order valence-corrected chi connectivity index (χ1v) is 5.24. The lowest BCUT2D eigenvalue weighted by atomic mass is 10.3. The number of rotatable bonds is 1. The average molecular weight is 260 g/mol. The van der Waals surface area contributed by atoms with Gasteiger partial charge in [-0.05, 0) is 12.1 Å². The zero-order chi connectivity index (χ0) is 11.2. The minimum Gasteiger partial charge on any atom is -0.264 e. The molecule has 0 bridgehead atoms. The van der Waals surface area contributed by atoms with Gasteiger partial charge in [-0.15, -0.1) is 0 Å². The van der Waals surface area contributed by atoms with Crippen LogP contribution in [-0.4, -0.2) is 17.5 Å². The third kappa shape index (κ3) is 9.56. The molecule has 1 rings (SSSR count). The van der Waals surface area contributed by atoms with Crippen molar-refractivity contribution < 1.29 is 17.5 Å². The number of halogens is 2. The third-order valence-electron chi connectivity index (χ3n) is 0.951. The SMILES string of the molecule is ClN(Cl)c1ccccc1.O=S(=O)(O)O. The maximum Gasteiger partial charge on any atom is 0.394 e. The molecular formula is C6H7Cl2NO4S. The van der Waals surface area contributed by atoms with Crippen LogP contribution in [0.15, 0.2) is 30.3 Å². The quantitative estimate of drug-likeness (QED) is 0.597. The first-order valence-electron chi connectivity index (χ1n) is 3.17. The predicted octanol–water partition coefficient (Wildman–Crippen LogP) is 2.15. The minimum absolute atomic E-state index is 0.779. The van der Waals surface area contributed by atoms with Crippen molar-refractivity contribution in [2.45, 2.75) is 0 Å². The van der Waals surface area contributed by atoms with Gasteiger partial charge in [0.15, 0.2) is 0 Å². The Morgan fingerprint density at radius 3 is 1.64 bits per heavy atom.